The van der Waals surface area contributed by atoms with Gasteiger partial charge in [-0.2, -0.15) is 0 Å². The van der Waals surface area contributed by atoms with Crippen molar-refractivity contribution in [1.82, 2.24) is 4.98 Å². The number of benzene rings is 1. The minimum atomic E-state index is 0.804. The lowest BCUT2D eigenvalue weighted by Gasteiger charge is -2.07. The Hall–Kier alpha value is -1.83. The Morgan fingerprint density at radius 2 is 1.48 bits per heavy atom. The number of pyridine rings is 1. The van der Waals surface area contributed by atoms with E-state index in [0.29, 0.717) is 0 Å². The third-order valence-electron chi connectivity index (χ3n) is 4.56. The predicted octanol–water partition coefficient (Wildman–Crippen LogP) is 6.83. The average molecular weight is 340 g/mol. The predicted molar refractivity (Wildman–Crippen MR) is 107 cm³/mol. The van der Waals surface area contributed by atoms with Crippen molar-refractivity contribution in [2.24, 2.45) is 0 Å². The van der Waals surface area contributed by atoms with Crippen LogP contribution in [0.4, 0.5) is 0 Å². The molecule has 0 atom stereocenters. The van der Waals surface area contributed by atoms with Gasteiger partial charge < -0.3 is 4.74 Å². The second-order valence-electron chi connectivity index (χ2n) is 6.80. The van der Waals surface area contributed by atoms with Gasteiger partial charge in [0, 0.05) is 11.8 Å². The Morgan fingerprint density at radius 1 is 0.760 bits per heavy atom. The molecule has 0 saturated carbocycles. The minimum Gasteiger partial charge on any atom is -0.494 e. The van der Waals surface area contributed by atoms with Gasteiger partial charge in [-0.05, 0) is 55.2 Å². The lowest BCUT2D eigenvalue weighted by atomic mass is 10.1. The number of aryl methyl sites for hydroxylation is 1. The maximum Gasteiger partial charge on any atom is 0.119 e. The van der Waals surface area contributed by atoms with Crippen molar-refractivity contribution in [3.63, 3.8) is 0 Å². The summed E-state index contributed by atoms with van der Waals surface area (Å²) >= 11 is 0. The van der Waals surface area contributed by atoms with Crippen LogP contribution in [0.5, 0.6) is 5.75 Å². The highest BCUT2D eigenvalue weighted by Gasteiger charge is 2.01. The zero-order valence-electron chi connectivity index (χ0n) is 16.0. The molecule has 2 heteroatoms. The molecule has 25 heavy (non-hydrogen) atoms. The van der Waals surface area contributed by atoms with Crippen molar-refractivity contribution < 1.29 is 4.74 Å². The second-order valence-corrected chi connectivity index (χ2v) is 6.80. The summed E-state index contributed by atoms with van der Waals surface area (Å²) in [4.78, 5) is 4.64. The van der Waals surface area contributed by atoms with Crippen molar-refractivity contribution in [3.8, 4) is 17.0 Å². The lowest BCUT2D eigenvalue weighted by Crippen LogP contribution is -1.96. The van der Waals surface area contributed by atoms with Gasteiger partial charge in [0.2, 0.25) is 0 Å². The van der Waals surface area contributed by atoms with Gasteiger partial charge in [-0.1, -0.05) is 58.4 Å². The molecule has 1 aromatic heterocycles. The van der Waals surface area contributed by atoms with Crippen LogP contribution in [0, 0.1) is 0 Å². The summed E-state index contributed by atoms with van der Waals surface area (Å²) in [6, 6.07) is 12.6. The maximum atomic E-state index is 5.77. The van der Waals surface area contributed by atoms with Gasteiger partial charge in [-0.15, -0.1) is 0 Å². The summed E-state index contributed by atoms with van der Waals surface area (Å²) in [7, 11) is 0. The van der Waals surface area contributed by atoms with Crippen molar-refractivity contribution in [3.05, 3.63) is 48.2 Å². The van der Waals surface area contributed by atoms with E-state index in [1.165, 1.54) is 50.5 Å². The first kappa shape index (κ1) is 19.5. The van der Waals surface area contributed by atoms with Crippen molar-refractivity contribution in [2.45, 2.75) is 71.6 Å². The Labute approximate surface area is 153 Å². The lowest BCUT2D eigenvalue weighted by molar-refractivity contribution is 0.306. The average Bonchev–Trinajstić information content (AvgIpc) is 2.66. The van der Waals surface area contributed by atoms with Gasteiger partial charge in [-0.3, -0.25) is 4.98 Å². The first-order chi connectivity index (χ1) is 12.3. The highest BCUT2D eigenvalue weighted by atomic mass is 16.5. The Bertz CT molecular complexity index is 574. The molecule has 1 aromatic carbocycles. The molecule has 0 radical (unpaired) electrons. The molecule has 2 aromatic rings. The molecule has 0 unspecified atom stereocenters. The highest BCUT2D eigenvalue weighted by Crippen LogP contribution is 2.21. The van der Waals surface area contributed by atoms with Crippen LogP contribution in [0.2, 0.25) is 0 Å². The number of aromatic nitrogens is 1. The third kappa shape index (κ3) is 7.29. The largest absolute Gasteiger partial charge is 0.494 e. The number of ether oxygens (including phenoxy) is 1. The summed E-state index contributed by atoms with van der Waals surface area (Å²) in [5.41, 5.74) is 3.53. The summed E-state index contributed by atoms with van der Waals surface area (Å²) in [5, 5.41) is 0. The molecule has 136 valence electrons. The quantitative estimate of drug-likeness (QED) is 0.395. The normalized spacial score (nSPS) is 10.8. The van der Waals surface area contributed by atoms with Crippen molar-refractivity contribution >= 4 is 0 Å². The fourth-order valence-corrected chi connectivity index (χ4v) is 2.94. The first-order valence-corrected chi connectivity index (χ1v) is 10.0. The molecule has 0 N–H and O–H groups in total. The van der Waals surface area contributed by atoms with Gasteiger partial charge >= 0.3 is 0 Å². The SMILES string of the molecule is CCCCCCCc1ccc(-c2ccc(OCCCCC)cc2)nc1. The van der Waals surface area contributed by atoms with E-state index in [0.717, 1.165) is 36.5 Å². The number of rotatable bonds is 12. The third-order valence-corrected chi connectivity index (χ3v) is 4.56. The molecule has 0 spiro atoms. The number of nitrogens with zero attached hydrogens (tertiary/aromatic N) is 1. The Morgan fingerprint density at radius 3 is 2.16 bits per heavy atom. The molecule has 0 saturated heterocycles. The number of hydrogen-bond donors (Lipinski definition) is 0. The van der Waals surface area contributed by atoms with Crippen molar-refractivity contribution in [2.75, 3.05) is 6.61 Å². The van der Waals surface area contributed by atoms with E-state index < -0.39 is 0 Å². The van der Waals surface area contributed by atoms with Gasteiger partial charge in [0.15, 0.2) is 0 Å². The molecular formula is C23H33NO. The van der Waals surface area contributed by atoms with Crippen LogP contribution in [-0.4, -0.2) is 11.6 Å². The minimum absolute atomic E-state index is 0.804. The van der Waals surface area contributed by atoms with E-state index in [1.54, 1.807) is 0 Å². The molecular weight excluding hydrogens is 306 g/mol. The van der Waals surface area contributed by atoms with Gasteiger partial charge in [0.25, 0.3) is 0 Å². The standard InChI is InChI=1S/C23H33NO/c1-3-5-7-8-9-11-20-12-17-23(24-19-20)21-13-15-22(16-14-21)25-18-10-6-4-2/h12-17,19H,3-11,18H2,1-2H3. The van der Waals surface area contributed by atoms with E-state index in [1.807, 2.05) is 18.3 Å². The fourth-order valence-electron chi connectivity index (χ4n) is 2.94. The van der Waals surface area contributed by atoms with E-state index >= 15 is 0 Å². The van der Waals surface area contributed by atoms with E-state index in [-0.39, 0.29) is 0 Å². The first-order valence-electron chi connectivity index (χ1n) is 10.0. The van der Waals surface area contributed by atoms with Crippen LogP contribution < -0.4 is 4.74 Å². The topological polar surface area (TPSA) is 22.1 Å². The zero-order chi connectivity index (χ0) is 17.7. The molecule has 1 heterocycles. The maximum absolute atomic E-state index is 5.77. The van der Waals surface area contributed by atoms with E-state index in [2.05, 4.69) is 43.1 Å². The van der Waals surface area contributed by atoms with E-state index in [9.17, 15) is 0 Å². The van der Waals surface area contributed by atoms with Crippen LogP contribution in [0.1, 0.15) is 70.8 Å². The van der Waals surface area contributed by atoms with Crippen LogP contribution in [0.15, 0.2) is 42.6 Å². The molecule has 2 nitrogen and oxygen atoms in total. The molecule has 0 aliphatic rings. The molecule has 2 rings (SSSR count). The fraction of sp³-hybridized carbons (Fsp3) is 0.522. The second kappa shape index (κ2) is 11.7. The summed E-state index contributed by atoms with van der Waals surface area (Å²) in [6.07, 6.45) is 13.4. The Kier molecular flexibility index (Phi) is 9.11. The van der Waals surface area contributed by atoms with Crippen LogP contribution in [0.25, 0.3) is 11.3 Å². The van der Waals surface area contributed by atoms with Gasteiger partial charge in [0.1, 0.15) is 5.75 Å². The molecule has 0 bridgehead atoms. The molecule has 0 aliphatic heterocycles. The summed E-state index contributed by atoms with van der Waals surface area (Å²) < 4.78 is 5.77. The van der Waals surface area contributed by atoms with E-state index in [4.69, 9.17) is 4.74 Å². The summed E-state index contributed by atoms with van der Waals surface area (Å²) in [6.45, 7) is 5.27. The molecule has 0 fully saturated rings. The molecule has 0 aliphatic carbocycles. The zero-order valence-corrected chi connectivity index (χ0v) is 16.0. The smallest absolute Gasteiger partial charge is 0.119 e. The monoisotopic (exact) mass is 339 g/mol. The van der Waals surface area contributed by atoms with Gasteiger partial charge in [-0.25, -0.2) is 0 Å². The van der Waals surface area contributed by atoms with Crippen LogP contribution in [-0.2, 0) is 6.42 Å². The number of unbranched alkanes of at least 4 members (excludes halogenated alkanes) is 6. The van der Waals surface area contributed by atoms with Crippen LogP contribution >= 0.6 is 0 Å². The summed E-state index contributed by atoms with van der Waals surface area (Å²) in [5.74, 6) is 0.948. The molecule has 0 amide bonds. The Balaban J connectivity index is 1.80. The number of hydrogen-bond acceptors (Lipinski definition) is 2. The van der Waals surface area contributed by atoms with Gasteiger partial charge in [0.05, 0.1) is 12.3 Å². The van der Waals surface area contributed by atoms with Crippen molar-refractivity contribution in [1.29, 1.82) is 0 Å². The van der Waals surface area contributed by atoms with Crippen LogP contribution in [0.3, 0.4) is 0 Å². The highest BCUT2D eigenvalue weighted by molar-refractivity contribution is 5.60.